The summed E-state index contributed by atoms with van der Waals surface area (Å²) in [5.74, 6) is 0.565. The molecule has 2 aromatic rings. The second-order valence-electron chi connectivity index (χ2n) is 5.81. The van der Waals surface area contributed by atoms with Gasteiger partial charge in [-0.15, -0.1) is 0 Å². The predicted octanol–water partition coefficient (Wildman–Crippen LogP) is 4.87. The minimum atomic E-state index is -0.269. The van der Waals surface area contributed by atoms with Gasteiger partial charge in [-0.25, -0.2) is 4.79 Å². The predicted molar refractivity (Wildman–Crippen MR) is 83.5 cm³/mol. The fraction of sp³-hybridized carbons (Fsp3) is 0.389. The number of fused-ring (bicyclic) bond motifs is 1. The number of methoxy groups -OCH3 is 1. The van der Waals surface area contributed by atoms with Crippen LogP contribution in [0, 0.1) is 0 Å². The van der Waals surface area contributed by atoms with Gasteiger partial charge in [0.25, 0.3) is 0 Å². The van der Waals surface area contributed by atoms with Crippen LogP contribution in [0.15, 0.2) is 30.3 Å². The Labute approximate surface area is 120 Å². The molecule has 2 rings (SSSR count). The van der Waals surface area contributed by atoms with E-state index in [1.54, 1.807) is 0 Å². The number of benzene rings is 2. The molecule has 106 valence electrons. The van der Waals surface area contributed by atoms with E-state index in [4.69, 9.17) is 4.74 Å². The largest absolute Gasteiger partial charge is 0.465 e. The van der Waals surface area contributed by atoms with Gasteiger partial charge in [-0.1, -0.05) is 52.0 Å². The monoisotopic (exact) mass is 270 g/mol. The normalized spacial score (nSPS) is 11.3. The van der Waals surface area contributed by atoms with Crippen molar-refractivity contribution in [2.24, 2.45) is 0 Å². The van der Waals surface area contributed by atoms with Gasteiger partial charge in [0, 0.05) is 0 Å². The van der Waals surface area contributed by atoms with Gasteiger partial charge in [0.05, 0.1) is 12.7 Å². The van der Waals surface area contributed by atoms with Crippen LogP contribution in [0.4, 0.5) is 0 Å². The molecule has 0 saturated carbocycles. The highest BCUT2D eigenvalue weighted by molar-refractivity contribution is 6.06. The molecule has 20 heavy (non-hydrogen) atoms. The lowest BCUT2D eigenvalue weighted by atomic mass is 9.88. The van der Waals surface area contributed by atoms with Gasteiger partial charge in [0.1, 0.15) is 0 Å². The fourth-order valence-electron chi connectivity index (χ4n) is 2.55. The number of esters is 1. The summed E-state index contributed by atoms with van der Waals surface area (Å²) in [5, 5.41) is 2.14. The van der Waals surface area contributed by atoms with Crippen molar-refractivity contribution in [3.63, 3.8) is 0 Å². The molecular weight excluding hydrogens is 248 g/mol. The second kappa shape index (κ2) is 5.66. The van der Waals surface area contributed by atoms with Crippen molar-refractivity contribution in [3.8, 4) is 0 Å². The Morgan fingerprint density at radius 2 is 1.75 bits per heavy atom. The van der Waals surface area contributed by atoms with Crippen LogP contribution in [0.25, 0.3) is 10.8 Å². The van der Waals surface area contributed by atoms with E-state index in [1.165, 1.54) is 18.2 Å². The summed E-state index contributed by atoms with van der Waals surface area (Å²) < 4.78 is 4.92. The molecule has 0 radical (unpaired) electrons. The lowest BCUT2D eigenvalue weighted by molar-refractivity contribution is 0.0603. The number of hydrogen-bond acceptors (Lipinski definition) is 2. The van der Waals surface area contributed by atoms with Crippen molar-refractivity contribution >= 4 is 16.7 Å². The lowest BCUT2D eigenvalue weighted by Crippen LogP contribution is -2.05. The van der Waals surface area contributed by atoms with E-state index in [1.807, 2.05) is 12.1 Å². The Bertz CT molecular complexity index is 639. The zero-order valence-electron chi connectivity index (χ0n) is 12.9. The molecule has 0 fully saturated rings. The molecule has 0 aliphatic rings. The van der Waals surface area contributed by atoms with E-state index in [2.05, 4.69) is 45.9 Å². The van der Waals surface area contributed by atoms with Crippen molar-refractivity contribution in [1.29, 1.82) is 0 Å². The maximum absolute atomic E-state index is 12.0. The molecule has 0 heterocycles. The fourth-order valence-corrected chi connectivity index (χ4v) is 2.55. The summed E-state index contributed by atoms with van der Waals surface area (Å²) >= 11 is 0. The van der Waals surface area contributed by atoms with Crippen molar-refractivity contribution < 1.29 is 9.53 Å². The first-order valence-corrected chi connectivity index (χ1v) is 7.10. The zero-order valence-corrected chi connectivity index (χ0v) is 12.9. The van der Waals surface area contributed by atoms with Crippen molar-refractivity contribution in [1.82, 2.24) is 0 Å². The van der Waals surface area contributed by atoms with Crippen molar-refractivity contribution in [3.05, 3.63) is 47.0 Å². The number of hydrogen-bond donors (Lipinski definition) is 0. The summed E-state index contributed by atoms with van der Waals surface area (Å²) in [7, 11) is 1.43. The van der Waals surface area contributed by atoms with Gasteiger partial charge < -0.3 is 4.74 Å². The second-order valence-corrected chi connectivity index (χ2v) is 5.81. The summed E-state index contributed by atoms with van der Waals surface area (Å²) in [6, 6.07) is 10.2. The summed E-state index contributed by atoms with van der Waals surface area (Å²) in [6.07, 6.45) is 0. The number of ether oxygens (including phenoxy) is 1. The van der Waals surface area contributed by atoms with Gasteiger partial charge in [-0.2, -0.15) is 0 Å². The van der Waals surface area contributed by atoms with Crippen LogP contribution in [-0.4, -0.2) is 13.1 Å². The summed E-state index contributed by atoms with van der Waals surface area (Å²) in [5.41, 5.74) is 3.18. The van der Waals surface area contributed by atoms with Gasteiger partial charge in [0.15, 0.2) is 0 Å². The molecule has 0 aliphatic heterocycles. The van der Waals surface area contributed by atoms with Crippen LogP contribution >= 0.6 is 0 Å². The van der Waals surface area contributed by atoms with Crippen LogP contribution in [0.2, 0.25) is 0 Å². The molecule has 0 amide bonds. The first-order valence-electron chi connectivity index (χ1n) is 7.10. The quantitative estimate of drug-likeness (QED) is 0.743. The summed E-state index contributed by atoms with van der Waals surface area (Å²) in [4.78, 5) is 12.0. The molecule has 2 heteroatoms. The van der Waals surface area contributed by atoms with Gasteiger partial charge in [0.2, 0.25) is 0 Å². The maximum Gasteiger partial charge on any atom is 0.338 e. The van der Waals surface area contributed by atoms with E-state index in [-0.39, 0.29) is 5.97 Å². The number of carbonyl (C=O) groups is 1. The SMILES string of the molecule is COC(=O)c1cccc2cc(C(C)C)cc(C(C)C)c12. The minimum absolute atomic E-state index is 0.269. The molecule has 0 bridgehead atoms. The van der Waals surface area contributed by atoms with Crippen LogP contribution in [-0.2, 0) is 4.74 Å². The molecule has 0 N–H and O–H groups in total. The first kappa shape index (κ1) is 14.6. The Morgan fingerprint density at radius 1 is 1.05 bits per heavy atom. The summed E-state index contributed by atoms with van der Waals surface area (Å²) in [6.45, 7) is 8.70. The molecular formula is C18H22O2. The Morgan fingerprint density at radius 3 is 2.30 bits per heavy atom. The topological polar surface area (TPSA) is 26.3 Å². The van der Waals surface area contributed by atoms with Gasteiger partial charge in [-0.05, 0) is 39.8 Å². The zero-order chi connectivity index (χ0) is 14.9. The molecule has 0 aromatic heterocycles. The third kappa shape index (κ3) is 2.55. The van der Waals surface area contributed by atoms with E-state index >= 15 is 0 Å². The Kier molecular flexibility index (Phi) is 4.12. The number of carbonyl (C=O) groups excluding carboxylic acids is 1. The molecule has 2 nitrogen and oxygen atoms in total. The van der Waals surface area contributed by atoms with Crippen LogP contribution in [0.1, 0.15) is 61.0 Å². The van der Waals surface area contributed by atoms with Gasteiger partial charge in [-0.3, -0.25) is 0 Å². The molecule has 0 aliphatic carbocycles. The van der Waals surface area contributed by atoms with Gasteiger partial charge >= 0.3 is 5.97 Å². The Hall–Kier alpha value is -1.83. The van der Waals surface area contributed by atoms with E-state index < -0.39 is 0 Å². The maximum atomic E-state index is 12.0. The minimum Gasteiger partial charge on any atom is -0.465 e. The smallest absolute Gasteiger partial charge is 0.338 e. The third-order valence-corrected chi connectivity index (χ3v) is 3.72. The number of rotatable bonds is 3. The molecule has 2 aromatic carbocycles. The average Bonchev–Trinajstić information content (AvgIpc) is 2.44. The molecule has 0 unspecified atom stereocenters. The van der Waals surface area contributed by atoms with Crippen LogP contribution in [0.3, 0.4) is 0 Å². The highest BCUT2D eigenvalue weighted by Gasteiger charge is 2.16. The molecule has 0 atom stereocenters. The standard InChI is InChI=1S/C18H22O2/c1-11(2)14-9-13-7-6-8-15(18(19)20-5)17(13)16(10-14)12(3)4/h6-12H,1-5H3. The third-order valence-electron chi connectivity index (χ3n) is 3.72. The van der Waals surface area contributed by atoms with Crippen LogP contribution in [0.5, 0.6) is 0 Å². The highest BCUT2D eigenvalue weighted by atomic mass is 16.5. The van der Waals surface area contributed by atoms with E-state index in [0.717, 1.165) is 10.8 Å². The van der Waals surface area contributed by atoms with E-state index in [9.17, 15) is 4.79 Å². The van der Waals surface area contributed by atoms with E-state index in [0.29, 0.717) is 17.4 Å². The first-order chi connectivity index (χ1) is 9.45. The molecule has 0 spiro atoms. The Balaban J connectivity index is 2.83. The molecule has 0 saturated heterocycles. The lowest BCUT2D eigenvalue weighted by Gasteiger charge is -2.17. The van der Waals surface area contributed by atoms with Crippen LogP contribution < -0.4 is 0 Å². The van der Waals surface area contributed by atoms with Crippen molar-refractivity contribution in [2.45, 2.75) is 39.5 Å². The highest BCUT2D eigenvalue weighted by Crippen LogP contribution is 2.32. The van der Waals surface area contributed by atoms with Crippen molar-refractivity contribution in [2.75, 3.05) is 7.11 Å². The average molecular weight is 270 g/mol.